The van der Waals surface area contributed by atoms with Crippen molar-refractivity contribution in [1.82, 2.24) is 0 Å². The first-order valence-electron chi connectivity index (χ1n) is 4.93. The molecule has 0 aromatic carbocycles. The van der Waals surface area contributed by atoms with Crippen molar-refractivity contribution in [3.63, 3.8) is 0 Å². The molecular weight excluding hydrogens is 192 g/mol. The Morgan fingerprint density at radius 2 is 1.00 bits per heavy atom. The summed E-state index contributed by atoms with van der Waals surface area (Å²) in [5, 5.41) is 0. The minimum atomic E-state index is -0.334. The fourth-order valence-electron chi connectivity index (χ4n) is 0.852. The first-order valence-corrected chi connectivity index (χ1v) is 4.93. The molecular formula is C12H22O3. The monoisotopic (exact) mass is 214 g/mol. The number of ether oxygens (including phenoxy) is 3. The van der Waals surface area contributed by atoms with Crippen LogP contribution in [0.25, 0.3) is 0 Å². The van der Waals surface area contributed by atoms with Crippen LogP contribution in [0.1, 0.15) is 41.5 Å². The molecule has 0 rings (SSSR count). The van der Waals surface area contributed by atoms with Crippen molar-refractivity contribution in [2.75, 3.05) is 0 Å². The van der Waals surface area contributed by atoms with Crippen molar-refractivity contribution in [3.8, 4) is 0 Å². The van der Waals surface area contributed by atoms with E-state index in [2.05, 4.69) is 13.2 Å². The SMILES string of the molecule is C=C(OC(=C)OC(C)(C)C)OC(C)(C)C. The summed E-state index contributed by atoms with van der Waals surface area (Å²) in [5.41, 5.74) is -0.668. The van der Waals surface area contributed by atoms with Crippen molar-refractivity contribution in [1.29, 1.82) is 0 Å². The molecule has 0 bridgehead atoms. The largest absolute Gasteiger partial charge is 0.460 e. The molecule has 0 aliphatic rings. The van der Waals surface area contributed by atoms with E-state index in [9.17, 15) is 0 Å². The van der Waals surface area contributed by atoms with Gasteiger partial charge in [0.1, 0.15) is 11.2 Å². The Balaban J connectivity index is 4.04. The number of rotatable bonds is 4. The van der Waals surface area contributed by atoms with Gasteiger partial charge in [0.2, 0.25) is 0 Å². The van der Waals surface area contributed by atoms with E-state index in [1.165, 1.54) is 0 Å². The highest BCUT2D eigenvalue weighted by Gasteiger charge is 2.17. The Bertz CT molecular complexity index is 215. The van der Waals surface area contributed by atoms with Crippen molar-refractivity contribution < 1.29 is 14.2 Å². The normalized spacial score (nSPS) is 11.9. The van der Waals surface area contributed by atoms with E-state index < -0.39 is 0 Å². The maximum Gasteiger partial charge on any atom is 0.280 e. The molecule has 0 radical (unpaired) electrons. The summed E-state index contributed by atoms with van der Waals surface area (Å²) in [4.78, 5) is 0. The van der Waals surface area contributed by atoms with E-state index >= 15 is 0 Å². The zero-order chi connectivity index (χ0) is 12.3. The van der Waals surface area contributed by atoms with Crippen LogP contribution in [0.3, 0.4) is 0 Å². The Morgan fingerprint density at radius 1 is 0.733 bits per heavy atom. The molecule has 0 fully saturated rings. The van der Waals surface area contributed by atoms with Crippen LogP contribution in [0, 0.1) is 0 Å². The predicted molar refractivity (Wildman–Crippen MR) is 61.0 cm³/mol. The highest BCUT2D eigenvalue weighted by molar-refractivity contribution is 4.84. The third-order valence-corrected chi connectivity index (χ3v) is 1.07. The van der Waals surface area contributed by atoms with Gasteiger partial charge in [0.25, 0.3) is 11.9 Å². The van der Waals surface area contributed by atoms with Crippen LogP contribution in [0.5, 0.6) is 0 Å². The number of hydrogen-bond donors (Lipinski definition) is 0. The molecule has 3 nitrogen and oxygen atoms in total. The van der Waals surface area contributed by atoms with Gasteiger partial charge >= 0.3 is 0 Å². The second-order valence-corrected chi connectivity index (χ2v) is 5.27. The molecule has 0 saturated heterocycles. The second-order valence-electron chi connectivity index (χ2n) is 5.27. The molecule has 0 saturated carbocycles. The number of hydrogen-bond acceptors (Lipinski definition) is 3. The van der Waals surface area contributed by atoms with Gasteiger partial charge in [0.15, 0.2) is 0 Å². The van der Waals surface area contributed by atoms with Crippen molar-refractivity contribution >= 4 is 0 Å². The summed E-state index contributed by atoms with van der Waals surface area (Å²) in [6.45, 7) is 18.7. The molecule has 0 aromatic heterocycles. The molecule has 0 aliphatic heterocycles. The Hall–Kier alpha value is -1.12. The van der Waals surface area contributed by atoms with E-state index in [4.69, 9.17) is 14.2 Å². The summed E-state index contributed by atoms with van der Waals surface area (Å²) in [7, 11) is 0. The van der Waals surface area contributed by atoms with Crippen LogP contribution in [0.4, 0.5) is 0 Å². The average Bonchev–Trinajstić information content (AvgIpc) is 1.73. The van der Waals surface area contributed by atoms with Crippen molar-refractivity contribution in [2.24, 2.45) is 0 Å². The standard InChI is InChI=1S/C12H22O3/c1-9(14-11(3,4)5)13-10(2)15-12(6,7)8/h1-2H2,3-8H3. The highest BCUT2D eigenvalue weighted by Crippen LogP contribution is 2.18. The van der Waals surface area contributed by atoms with Crippen LogP contribution in [0.2, 0.25) is 0 Å². The van der Waals surface area contributed by atoms with E-state index in [1.54, 1.807) is 0 Å². The molecule has 0 heterocycles. The highest BCUT2D eigenvalue weighted by atomic mass is 16.8. The topological polar surface area (TPSA) is 27.7 Å². The minimum absolute atomic E-state index is 0.191. The van der Waals surface area contributed by atoms with E-state index in [1.807, 2.05) is 41.5 Å². The maximum atomic E-state index is 5.37. The maximum absolute atomic E-state index is 5.37. The van der Waals surface area contributed by atoms with Gasteiger partial charge in [-0.05, 0) is 54.7 Å². The molecule has 0 amide bonds. The van der Waals surface area contributed by atoms with Gasteiger partial charge in [-0.3, -0.25) is 0 Å². The van der Waals surface area contributed by atoms with Crippen molar-refractivity contribution in [2.45, 2.75) is 52.7 Å². The van der Waals surface area contributed by atoms with Gasteiger partial charge in [-0.15, -0.1) is 0 Å². The lowest BCUT2D eigenvalue weighted by molar-refractivity contribution is -0.0852. The van der Waals surface area contributed by atoms with Crippen molar-refractivity contribution in [3.05, 3.63) is 25.0 Å². The zero-order valence-electron chi connectivity index (χ0n) is 10.6. The average molecular weight is 214 g/mol. The van der Waals surface area contributed by atoms with Crippen LogP contribution < -0.4 is 0 Å². The van der Waals surface area contributed by atoms with Gasteiger partial charge < -0.3 is 14.2 Å². The fourth-order valence-corrected chi connectivity index (χ4v) is 0.852. The smallest absolute Gasteiger partial charge is 0.280 e. The molecule has 0 spiro atoms. The lowest BCUT2D eigenvalue weighted by atomic mass is 10.2. The summed E-state index contributed by atoms with van der Waals surface area (Å²) in [5.74, 6) is 0.383. The lowest BCUT2D eigenvalue weighted by Crippen LogP contribution is -2.22. The molecule has 0 atom stereocenters. The Morgan fingerprint density at radius 3 is 1.20 bits per heavy atom. The Kier molecular flexibility index (Phi) is 4.26. The van der Waals surface area contributed by atoms with Gasteiger partial charge in [-0.25, -0.2) is 0 Å². The minimum Gasteiger partial charge on any atom is -0.460 e. The Labute approximate surface area is 92.7 Å². The van der Waals surface area contributed by atoms with Crippen LogP contribution in [0.15, 0.2) is 25.0 Å². The molecule has 3 heteroatoms. The molecule has 0 N–H and O–H groups in total. The molecule has 88 valence electrons. The summed E-state index contributed by atoms with van der Waals surface area (Å²) < 4.78 is 15.9. The molecule has 15 heavy (non-hydrogen) atoms. The van der Waals surface area contributed by atoms with E-state index in [0.29, 0.717) is 0 Å². The second kappa shape index (κ2) is 4.60. The van der Waals surface area contributed by atoms with Gasteiger partial charge in [-0.1, -0.05) is 0 Å². The van der Waals surface area contributed by atoms with Crippen LogP contribution in [-0.4, -0.2) is 11.2 Å². The zero-order valence-corrected chi connectivity index (χ0v) is 10.6. The molecule has 0 aliphatic carbocycles. The van der Waals surface area contributed by atoms with Crippen LogP contribution in [-0.2, 0) is 14.2 Å². The third kappa shape index (κ3) is 9.19. The third-order valence-electron chi connectivity index (χ3n) is 1.07. The fraction of sp³-hybridized carbons (Fsp3) is 0.667. The van der Waals surface area contributed by atoms with Gasteiger partial charge in [-0.2, -0.15) is 0 Å². The first kappa shape index (κ1) is 13.9. The van der Waals surface area contributed by atoms with E-state index in [0.717, 1.165) is 0 Å². The summed E-state index contributed by atoms with van der Waals surface area (Å²) in [6.07, 6.45) is 0. The van der Waals surface area contributed by atoms with E-state index in [-0.39, 0.29) is 23.1 Å². The first-order chi connectivity index (χ1) is 6.49. The van der Waals surface area contributed by atoms with Gasteiger partial charge in [0.05, 0.1) is 0 Å². The van der Waals surface area contributed by atoms with Crippen LogP contribution >= 0.6 is 0 Å². The lowest BCUT2D eigenvalue weighted by Gasteiger charge is -2.25. The summed E-state index contributed by atoms with van der Waals surface area (Å²) >= 11 is 0. The summed E-state index contributed by atoms with van der Waals surface area (Å²) in [6, 6.07) is 0. The molecule has 0 aromatic rings. The quantitative estimate of drug-likeness (QED) is 0.669. The molecule has 0 unspecified atom stereocenters. The predicted octanol–water partition coefficient (Wildman–Crippen LogP) is 3.58. The van der Waals surface area contributed by atoms with Gasteiger partial charge in [0, 0.05) is 0 Å².